The minimum absolute atomic E-state index is 0.109. The minimum Gasteiger partial charge on any atom is -0.363 e. The predicted molar refractivity (Wildman–Crippen MR) is 77.9 cm³/mol. The highest BCUT2D eigenvalue weighted by Gasteiger charge is 2.37. The third-order valence-corrected chi connectivity index (χ3v) is 5.27. The lowest BCUT2D eigenvalue weighted by molar-refractivity contribution is -0.384. The summed E-state index contributed by atoms with van der Waals surface area (Å²) in [4.78, 5) is 10.8. The predicted octanol–water partition coefficient (Wildman–Crippen LogP) is 2.82. The molecule has 19 heavy (non-hydrogen) atoms. The molecule has 2 rings (SSSR count). The van der Waals surface area contributed by atoms with Gasteiger partial charge in [0.05, 0.1) is 4.92 Å². The van der Waals surface area contributed by atoms with Crippen molar-refractivity contribution < 1.29 is 4.92 Å². The second-order valence-corrected chi connectivity index (χ2v) is 6.22. The maximum absolute atomic E-state index is 11.2. The second-order valence-electron chi connectivity index (χ2n) is 4.95. The van der Waals surface area contributed by atoms with Gasteiger partial charge in [0.1, 0.15) is 5.69 Å². The summed E-state index contributed by atoms with van der Waals surface area (Å²) in [6.07, 6.45) is 5.71. The first kappa shape index (κ1) is 14.2. The Morgan fingerprint density at radius 2 is 2.26 bits per heavy atom. The van der Waals surface area contributed by atoms with Crippen molar-refractivity contribution in [3.63, 3.8) is 0 Å². The maximum atomic E-state index is 11.2. The van der Waals surface area contributed by atoms with Gasteiger partial charge in [0.2, 0.25) is 5.82 Å². The van der Waals surface area contributed by atoms with Gasteiger partial charge in [0.15, 0.2) is 0 Å². The Balaban J connectivity index is 2.21. The number of nitrogens with zero attached hydrogens (tertiary/aromatic N) is 3. The molecular weight excluding hydrogens is 264 g/mol. The lowest BCUT2D eigenvalue weighted by atomic mass is 9.84. The molecule has 1 aliphatic rings. The average Bonchev–Trinajstić information content (AvgIpc) is 2.65. The summed E-state index contributed by atoms with van der Waals surface area (Å²) in [6.45, 7) is 5.02. The first-order valence-electron chi connectivity index (χ1n) is 6.54. The van der Waals surface area contributed by atoms with Gasteiger partial charge in [-0.25, -0.2) is 4.68 Å². The molecule has 0 spiro atoms. The van der Waals surface area contributed by atoms with E-state index in [1.807, 2.05) is 18.7 Å². The fraction of sp³-hybridized carbons (Fsp3) is 0.750. The molecule has 0 amide bonds. The van der Waals surface area contributed by atoms with Crippen LogP contribution in [0, 0.1) is 17.0 Å². The van der Waals surface area contributed by atoms with Crippen molar-refractivity contribution in [2.24, 2.45) is 0 Å². The van der Waals surface area contributed by atoms with Crippen LogP contribution in [0.3, 0.4) is 0 Å². The van der Waals surface area contributed by atoms with Crippen LogP contribution < -0.4 is 5.32 Å². The van der Waals surface area contributed by atoms with Crippen molar-refractivity contribution in [2.45, 2.75) is 44.4 Å². The average molecular weight is 284 g/mol. The standard InChI is InChI=1S/C12H20N4O2S/c1-4-15-11(10(16(17)18)9(2)14-15)13-8-12(19-3)6-5-7-12/h13H,4-8H2,1-3H3. The van der Waals surface area contributed by atoms with Crippen molar-refractivity contribution in [2.75, 3.05) is 18.1 Å². The highest BCUT2D eigenvalue weighted by atomic mass is 32.2. The molecule has 0 aromatic carbocycles. The fourth-order valence-corrected chi connectivity index (χ4v) is 3.38. The van der Waals surface area contributed by atoms with Gasteiger partial charge in [0.25, 0.3) is 0 Å². The number of aryl methyl sites for hydroxylation is 2. The van der Waals surface area contributed by atoms with E-state index in [1.165, 1.54) is 19.3 Å². The Bertz CT molecular complexity index is 477. The summed E-state index contributed by atoms with van der Waals surface area (Å²) in [5.74, 6) is 0.547. The summed E-state index contributed by atoms with van der Waals surface area (Å²) in [6, 6.07) is 0. The third kappa shape index (κ3) is 2.56. The van der Waals surface area contributed by atoms with Crippen LogP contribution in [0.25, 0.3) is 0 Å². The number of hydrogen-bond donors (Lipinski definition) is 1. The lowest BCUT2D eigenvalue weighted by Crippen LogP contribution is -2.40. The van der Waals surface area contributed by atoms with Crippen LogP contribution in [0.15, 0.2) is 0 Å². The van der Waals surface area contributed by atoms with E-state index in [-0.39, 0.29) is 15.4 Å². The molecule has 1 aromatic heterocycles. The van der Waals surface area contributed by atoms with Gasteiger partial charge in [-0.15, -0.1) is 0 Å². The van der Waals surface area contributed by atoms with E-state index in [4.69, 9.17) is 0 Å². The molecular formula is C12H20N4O2S. The molecule has 0 radical (unpaired) electrons. The molecule has 1 heterocycles. The molecule has 0 aliphatic heterocycles. The molecule has 0 bridgehead atoms. The van der Waals surface area contributed by atoms with E-state index in [2.05, 4.69) is 16.7 Å². The maximum Gasteiger partial charge on any atom is 0.333 e. The van der Waals surface area contributed by atoms with Gasteiger partial charge in [-0.05, 0) is 32.9 Å². The van der Waals surface area contributed by atoms with Gasteiger partial charge in [0, 0.05) is 17.8 Å². The number of anilines is 1. The molecule has 0 saturated heterocycles. The van der Waals surface area contributed by atoms with Crippen molar-refractivity contribution in [1.82, 2.24) is 9.78 Å². The molecule has 0 unspecified atom stereocenters. The minimum atomic E-state index is -0.344. The van der Waals surface area contributed by atoms with Gasteiger partial charge in [-0.2, -0.15) is 16.9 Å². The van der Waals surface area contributed by atoms with Gasteiger partial charge >= 0.3 is 5.69 Å². The first-order chi connectivity index (χ1) is 9.03. The van der Waals surface area contributed by atoms with Crippen LogP contribution in [0.4, 0.5) is 11.5 Å². The Kier molecular flexibility index (Phi) is 4.03. The largest absolute Gasteiger partial charge is 0.363 e. The van der Waals surface area contributed by atoms with Crippen molar-refractivity contribution in [3.05, 3.63) is 15.8 Å². The zero-order valence-electron chi connectivity index (χ0n) is 11.6. The second kappa shape index (κ2) is 5.40. The van der Waals surface area contributed by atoms with Crippen LogP contribution in [-0.4, -0.2) is 32.3 Å². The highest BCUT2D eigenvalue weighted by molar-refractivity contribution is 8.00. The quantitative estimate of drug-likeness (QED) is 0.642. The molecule has 106 valence electrons. The smallest absolute Gasteiger partial charge is 0.333 e. The number of nitro groups is 1. The van der Waals surface area contributed by atoms with E-state index in [0.29, 0.717) is 18.1 Å². The molecule has 7 heteroatoms. The summed E-state index contributed by atoms with van der Waals surface area (Å²) >= 11 is 1.85. The van der Waals surface area contributed by atoms with Crippen LogP contribution in [0.2, 0.25) is 0 Å². The van der Waals surface area contributed by atoms with Crippen LogP contribution >= 0.6 is 11.8 Å². The summed E-state index contributed by atoms with van der Waals surface area (Å²) in [7, 11) is 0. The number of thioether (sulfide) groups is 1. The van der Waals surface area contributed by atoms with Crippen molar-refractivity contribution >= 4 is 23.3 Å². The fourth-order valence-electron chi connectivity index (χ4n) is 2.46. The Hall–Kier alpha value is -1.24. The summed E-state index contributed by atoms with van der Waals surface area (Å²) in [5.41, 5.74) is 0.582. The zero-order chi connectivity index (χ0) is 14.0. The first-order valence-corrected chi connectivity index (χ1v) is 7.76. The lowest BCUT2D eigenvalue weighted by Gasteiger charge is -2.40. The van der Waals surface area contributed by atoms with Crippen LogP contribution in [0.5, 0.6) is 0 Å². The van der Waals surface area contributed by atoms with Crippen molar-refractivity contribution in [1.29, 1.82) is 0 Å². The summed E-state index contributed by atoms with van der Waals surface area (Å²) < 4.78 is 1.92. The topological polar surface area (TPSA) is 73.0 Å². The Labute approximate surface area is 117 Å². The van der Waals surface area contributed by atoms with E-state index in [0.717, 1.165) is 6.54 Å². The van der Waals surface area contributed by atoms with Crippen molar-refractivity contribution in [3.8, 4) is 0 Å². The summed E-state index contributed by atoms with van der Waals surface area (Å²) in [5, 5.41) is 18.6. The molecule has 0 atom stereocenters. The van der Waals surface area contributed by atoms with E-state index >= 15 is 0 Å². The van der Waals surface area contributed by atoms with Gasteiger partial charge in [-0.3, -0.25) is 10.1 Å². The number of aromatic nitrogens is 2. The molecule has 1 aromatic rings. The molecule has 1 saturated carbocycles. The third-order valence-electron chi connectivity index (χ3n) is 3.85. The highest BCUT2D eigenvalue weighted by Crippen LogP contribution is 2.43. The molecule has 6 nitrogen and oxygen atoms in total. The SMILES string of the molecule is CCn1nc(C)c([N+](=O)[O-])c1NCC1(SC)CCC1. The molecule has 1 N–H and O–H groups in total. The van der Waals surface area contributed by atoms with Crippen LogP contribution in [-0.2, 0) is 6.54 Å². The van der Waals surface area contributed by atoms with E-state index < -0.39 is 0 Å². The number of nitrogens with one attached hydrogen (secondary N) is 1. The zero-order valence-corrected chi connectivity index (χ0v) is 12.4. The Morgan fingerprint density at radius 1 is 1.58 bits per heavy atom. The van der Waals surface area contributed by atoms with E-state index in [9.17, 15) is 10.1 Å². The normalized spacial score (nSPS) is 17.0. The van der Waals surface area contributed by atoms with Gasteiger partial charge in [-0.1, -0.05) is 6.42 Å². The van der Waals surface area contributed by atoms with Crippen LogP contribution in [0.1, 0.15) is 31.9 Å². The molecule has 1 aliphatic carbocycles. The number of rotatable bonds is 6. The monoisotopic (exact) mass is 284 g/mol. The Morgan fingerprint density at radius 3 is 2.68 bits per heavy atom. The van der Waals surface area contributed by atoms with Gasteiger partial charge < -0.3 is 5.32 Å². The van der Waals surface area contributed by atoms with E-state index in [1.54, 1.807) is 11.6 Å². The molecule has 1 fully saturated rings. The number of hydrogen-bond acceptors (Lipinski definition) is 5.